The molecular weight excluding hydrogens is 406 g/mol. The fourth-order valence-electron chi connectivity index (χ4n) is 4.68. The lowest BCUT2D eigenvalue weighted by molar-refractivity contribution is -0.144. The molecule has 1 unspecified atom stereocenters. The Morgan fingerprint density at radius 2 is 1.84 bits per heavy atom. The molecule has 3 aromatic rings. The van der Waals surface area contributed by atoms with Gasteiger partial charge in [0.05, 0.1) is 17.9 Å². The molecular formula is C24H27N5O3. The van der Waals surface area contributed by atoms with E-state index in [2.05, 4.69) is 39.7 Å². The summed E-state index contributed by atoms with van der Waals surface area (Å²) in [5, 5.41) is 23.6. The van der Waals surface area contributed by atoms with E-state index in [4.69, 9.17) is 0 Å². The highest BCUT2D eigenvalue weighted by molar-refractivity contribution is 6.00. The number of hydrogen-bond donors (Lipinski definition) is 2. The summed E-state index contributed by atoms with van der Waals surface area (Å²) in [6, 6.07) is 15.5. The minimum atomic E-state index is -0.955. The number of hydrogen-bond acceptors (Lipinski definition) is 5. The first kappa shape index (κ1) is 21.7. The van der Waals surface area contributed by atoms with Crippen molar-refractivity contribution >= 4 is 17.6 Å². The topological polar surface area (TPSA) is 112 Å². The third-order valence-electron chi connectivity index (χ3n) is 6.36. The van der Waals surface area contributed by atoms with Crippen molar-refractivity contribution in [1.29, 1.82) is 0 Å². The Hall–Kier alpha value is -3.55. The van der Waals surface area contributed by atoms with Crippen LogP contribution in [0, 0.1) is 12.3 Å². The first-order chi connectivity index (χ1) is 15.4. The van der Waals surface area contributed by atoms with Crippen molar-refractivity contribution in [2.45, 2.75) is 52.0 Å². The molecule has 8 nitrogen and oxygen atoms in total. The van der Waals surface area contributed by atoms with Crippen molar-refractivity contribution in [3.05, 3.63) is 59.9 Å². The predicted molar refractivity (Wildman–Crippen MR) is 120 cm³/mol. The summed E-state index contributed by atoms with van der Waals surface area (Å²) >= 11 is 0. The number of aromatic amines is 1. The summed E-state index contributed by atoms with van der Waals surface area (Å²) in [5.41, 5.74) is 3.08. The van der Waals surface area contributed by atoms with Crippen LogP contribution < -0.4 is 4.90 Å². The van der Waals surface area contributed by atoms with Gasteiger partial charge in [0.2, 0.25) is 5.91 Å². The van der Waals surface area contributed by atoms with Crippen molar-refractivity contribution < 1.29 is 14.7 Å². The fraction of sp³-hybridized carbons (Fsp3) is 0.375. The maximum atomic E-state index is 13.9. The summed E-state index contributed by atoms with van der Waals surface area (Å²) < 4.78 is 0. The van der Waals surface area contributed by atoms with Gasteiger partial charge >= 0.3 is 5.97 Å². The Morgan fingerprint density at radius 3 is 2.44 bits per heavy atom. The van der Waals surface area contributed by atoms with Crippen LogP contribution in [0.15, 0.2) is 48.5 Å². The maximum absolute atomic E-state index is 13.9. The van der Waals surface area contributed by atoms with Crippen LogP contribution in [-0.4, -0.2) is 37.6 Å². The van der Waals surface area contributed by atoms with Crippen LogP contribution in [0.3, 0.4) is 0 Å². The van der Waals surface area contributed by atoms with Gasteiger partial charge in [0.15, 0.2) is 5.82 Å². The number of nitrogens with one attached hydrogen (secondary N) is 1. The second kappa shape index (κ2) is 8.90. The average molecular weight is 434 g/mol. The molecule has 0 aliphatic heterocycles. The maximum Gasteiger partial charge on any atom is 0.304 e. The molecule has 2 N–H and O–H groups in total. The van der Waals surface area contributed by atoms with Gasteiger partial charge in [-0.1, -0.05) is 54.8 Å². The zero-order valence-electron chi connectivity index (χ0n) is 18.3. The molecule has 1 atom stereocenters. The Bertz CT molecular complexity index is 1090. The van der Waals surface area contributed by atoms with Gasteiger partial charge in [0, 0.05) is 5.69 Å². The van der Waals surface area contributed by atoms with E-state index < -0.39 is 17.4 Å². The van der Waals surface area contributed by atoms with Gasteiger partial charge in [-0.15, -0.1) is 5.10 Å². The molecule has 4 rings (SSSR count). The number of H-pyrrole nitrogens is 1. The molecule has 1 aliphatic rings. The number of amides is 1. The van der Waals surface area contributed by atoms with Gasteiger partial charge in [0.1, 0.15) is 0 Å². The van der Waals surface area contributed by atoms with E-state index in [1.807, 2.05) is 43.3 Å². The molecule has 1 heterocycles. The third-order valence-corrected chi connectivity index (χ3v) is 6.36. The minimum absolute atomic E-state index is 0.176. The third kappa shape index (κ3) is 4.26. The molecule has 1 aromatic heterocycles. The smallest absolute Gasteiger partial charge is 0.304 e. The van der Waals surface area contributed by atoms with Crippen LogP contribution in [0.5, 0.6) is 0 Å². The number of carbonyl (C=O) groups is 2. The number of tetrazole rings is 1. The SMILES string of the molecule is Cc1cccc(-c2ccc(N(C(=O)C3(CC(=O)O)CCCC3)C(C)c3nnn[nH]3)cc2)c1. The normalized spacial score (nSPS) is 15.9. The van der Waals surface area contributed by atoms with Gasteiger partial charge in [0.25, 0.3) is 0 Å². The highest BCUT2D eigenvalue weighted by Gasteiger charge is 2.47. The van der Waals surface area contributed by atoms with Gasteiger partial charge < -0.3 is 10.0 Å². The summed E-state index contributed by atoms with van der Waals surface area (Å²) in [6.45, 7) is 3.90. The molecule has 1 amide bonds. The van der Waals surface area contributed by atoms with Crippen LogP contribution in [0.4, 0.5) is 5.69 Å². The van der Waals surface area contributed by atoms with E-state index in [1.54, 1.807) is 4.90 Å². The largest absolute Gasteiger partial charge is 0.481 e. The van der Waals surface area contributed by atoms with Crippen molar-refractivity contribution in [1.82, 2.24) is 20.6 Å². The number of carboxylic acids is 1. The molecule has 166 valence electrons. The highest BCUT2D eigenvalue weighted by Crippen LogP contribution is 2.45. The Balaban J connectivity index is 1.73. The summed E-state index contributed by atoms with van der Waals surface area (Å²) in [4.78, 5) is 27.2. The van der Waals surface area contributed by atoms with Gasteiger partial charge in [-0.3, -0.25) is 9.59 Å². The molecule has 0 saturated heterocycles. The number of carbonyl (C=O) groups excluding carboxylic acids is 1. The van der Waals surface area contributed by atoms with Crippen LogP contribution in [-0.2, 0) is 9.59 Å². The molecule has 1 fully saturated rings. The van der Waals surface area contributed by atoms with Crippen LogP contribution in [0.25, 0.3) is 11.1 Å². The average Bonchev–Trinajstić information content (AvgIpc) is 3.47. The van der Waals surface area contributed by atoms with Gasteiger partial charge in [-0.2, -0.15) is 0 Å². The lowest BCUT2D eigenvalue weighted by Crippen LogP contribution is -2.45. The number of aryl methyl sites for hydroxylation is 1. The number of rotatable bonds is 7. The zero-order chi connectivity index (χ0) is 22.7. The molecule has 8 heteroatoms. The lowest BCUT2D eigenvalue weighted by atomic mass is 9.80. The number of anilines is 1. The molecule has 1 aliphatic carbocycles. The molecule has 32 heavy (non-hydrogen) atoms. The number of benzene rings is 2. The standard InChI is InChI=1S/C24H27N5O3/c1-16-6-5-7-19(14-16)18-8-10-20(11-9-18)29(17(2)22-25-27-28-26-22)23(32)24(15-21(30)31)12-3-4-13-24/h5-11,14,17H,3-4,12-13,15H2,1-2H3,(H,30,31)(H,25,26,27,28). The Kier molecular flexibility index (Phi) is 6.03. The van der Waals surface area contributed by atoms with E-state index in [0.29, 0.717) is 24.4 Å². The summed E-state index contributed by atoms with van der Waals surface area (Å²) in [5.74, 6) is -0.696. The van der Waals surface area contributed by atoms with E-state index in [0.717, 1.165) is 24.0 Å². The fourth-order valence-corrected chi connectivity index (χ4v) is 4.68. The lowest BCUT2D eigenvalue weighted by Gasteiger charge is -2.36. The van der Waals surface area contributed by atoms with E-state index in [9.17, 15) is 14.7 Å². The first-order valence-corrected chi connectivity index (χ1v) is 10.9. The number of nitrogens with zero attached hydrogens (tertiary/aromatic N) is 4. The number of carboxylic acid groups (broad SMARTS) is 1. The minimum Gasteiger partial charge on any atom is -0.481 e. The zero-order valence-corrected chi connectivity index (χ0v) is 18.3. The van der Waals surface area contributed by atoms with Crippen LogP contribution in [0.1, 0.15) is 56.5 Å². The summed E-state index contributed by atoms with van der Waals surface area (Å²) in [7, 11) is 0. The van der Waals surface area contributed by atoms with Gasteiger partial charge in [-0.05, 0) is 60.4 Å². The molecule has 0 spiro atoms. The van der Waals surface area contributed by atoms with Crippen molar-refractivity contribution in [3.8, 4) is 11.1 Å². The Morgan fingerprint density at radius 1 is 1.12 bits per heavy atom. The van der Waals surface area contributed by atoms with Crippen molar-refractivity contribution in [3.63, 3.8) is 0 Å². The van der Waals surface area contributed by atoms with Crippen LogP contribution in [0.2, 0.25) is 0 Å². The van der Waals surface area contributed by atoms with E-state index >= 15 is 0 Å². The second-order valence-electron chi connectivity index (χ2n) is 8.61. The first-order valence-electron chi connectivity index (χ1n) is 10.9. The van der Waals surface area contributed by atoms with Crippen LogP contribution >= 0.6 is 0 Å². The monoisotopic (exact) mass is 433 g/mol. The molecule has 1 saturated carbocycles. The van der Waals surface area contributed by atoms with E-state index in [1.165, 1.54) is 5.56 Å². The molecule has 2 aromatic carbocycles. The highest BCUT2D eigenvalue weighted by atomic mass is 16.4. The second-order valence-corrected chi connectivity index (χ2v) is 8.61. The molecule has 0 radical (unpaired) electrons. The molecule has 0 bridgehead atoms. The quantitative estimate of drug-likeness (QED) is 0.574. The van der Waals surface area contributed by atoms with Gasteiger partial charge in [-0.25, -0.2) is 5.10 Å². The van der Waals surface area contributed by atoms with Crippen molar-refractivity contribution in [2.24, 2.45) is 5.41 Å². The van der Waals surface area contributed by atoms with Crippen molar-refractivity contribution in [2.75, 3.05) is 4.90 Å². The summed E-state index contributed by atoms with van der Waals surface area (Å²) in [6.07, 6.45) is 2.65. The number of aromatic nitrogens is 4. The van der Waals surface area contributed by atoms with E-state index in [-0.39, 0.29) is 12.3 Å². The Labute approximate surface area is 186 Å². The number of aliphatic carboxylic acids is 1. The predicted octanol–water partition coefficient (Wildman–Crippen LogP) is 4.30.